The van der Waals surface area contributed by atoms with Crippen molar-refractivity contribution in [1.29, 1.82) is 0 Å². The summed E-state index contributed by atoms with van der Waals surface area (Å²) >= 11 is 6.70. The second-order valence-electron chi connectivity index (χ2n) is 4.85. The molecule has 116 valence electrons. The fourth-order valence-corrected chi connectivity index (χ4v) is 4.52. The summed E-state index contributed by atoms with van der Waals surface area (Å²) in [4.78, 5) is 1.94. The molecule has 5 nitrogen and oxygen atoms in total. The third-order valence-corrected chi connectivity index (χ3v) is 6.05. The molecule has 0 fully saturated rings. The van der Waals surface area contributed by atoms with Crippen LogP contribution >= 0.6 is 38.6 Å². The maximum atomic E-state index is 5.18. The first-order valence-electron chi connectivity index (χ1n) is 6.83. The fourth-order valence-electron chi connectivity index (χ4n) is 2.22. The van der Waals surface area contributed by atoms with E-state index in [1.54, 1.807) is 29.8 Å². The summed E-state index contributed by atoms with van der Waals surface area (Å²) in [6.45, 7) is 0. The molecule has 0 aliphatic heterocycles. The summed E-state index contributed by atoms with van der Waals surface area (Å²) in [7, 11) is 1.66. The zero-order valence-electron chi connectivity index (χ0n) is 12.1. The number of halogens is 1. The Morgan fingerprint density at radius 1 is 1.09 bits per heavy atom. The molecular formula is C15H11BrN4OS2. The Labute approximate surface area is 148 Å². The number of benzene rings is 1. The standard InChI is InChI=1S/C15H11BrN4OS2/c1-21-10-4-2-9(3-5-10)8-13-17-18-15-20(13)19-14(23-15)11-6-7-12(16)22-11/h2-7H,8H2,1H3. The van der Waals surface area contributed by atoms with Crippen LogP contribution in [-0.2, 0) is 6.42 Å². The molecule has 0 radical (unpaired) electrons. The lowest BCUT2D eigenvalue weighted by Crippen LogP contribution is -1.97. The molecule has 4 rings (SSSR count). The number of fused-ring (bicyclic) bond motifs is 1. The van der Waals surface area contributed by atoms with Gasteiger partial charge in [-0.05, 0) is 45.8 Å². The van der Waals surface area contributed by atoms with Crippen molar-refractivity contribution < 1.29 is 4.74 Å². The summed E-state index contributed by atoms with van der Waals surface area (Å²) in [6, 6.07) is 12.0. The van der Waals surface area contributed by atoms with Crippen LogP contribution < -0.4 is 4.74 Å². The molecule has 0 aliphatic carbocycles. The number of rotatable bonds is 4. The molecule has 0 saturated carbocycles. The van der Waals surface area contributed by atoms with Crippen molar-refractivity contribution in [3.8, 4) is 15.6 Å². The van der Waals surface area contributed by atoms with Gasteiger partial charge in [0.05, 0.1) is 15.8 Å². The van der Waals surface area contributed by atoms with Crippen LogP contribution in [0.5, 0.6) is 5.75 Å². The van der Waals surface area contributed by atoms with Gasteiger partial charge >= 0.3 is 0 Å². The van der Waals surface area contributed by atoms with Crippen LogP contribution in [0.25, 0.3) is 14.8 Å². The number of ether oxygens (including phenoxy) is 1. The van der Waals surface area contributed by atoms with Crippen LogP contribution in [0.1, 0.15) is 11.4 Å². The van der Waals surface area contributed by atoms with E-state index in [-0.39, 0.29) is 0 Å². The molecule has 4 aromatic rings. The van der Waals surface area contributed by atoms with Crippen LogP contribution in [0.2, 0.25) is 0 Å². The SMILES string of the molecule is COc1ccc(Cc2nnc3sc(-c4ccc(Br)s4)nn23)cc1. The zero-order valence-corrected chi connectivity index (χ0v) is 15.3. The predicted molar refractivity (Wildman–Crippen MR) is 95.5 cm³/mol. The number of methoxy groups -OCH3 is 1. The van der Waals surface area contributed by atoms with Crippen LogP contribution in [0, 0.1) is 0 Å². The largest absolute Gasteiger partial charge is 0.497 e. The van der Waals surface area contributed by atoms with Crippen LogP contribution in [-0.4, -0.2) is 26.9 Å². The van der Waals surface area contributed by atoms with Crippen molar-refractivity contribution in [2.24, 2.45) is 0 Å². The van der Waals surface area contributed by atoms with E-state index in [4.69, 9.17) is 4.74 Å². The Morgan fingerprint density at radius 2 is 1.91 bits per heavy atom. The Kier molecular flexibility index (Phi) is 3.88. The number of hydrogen-bond acceptors (Lipinski definition) is 6. The Bertz CT molecular complexity index is 958. The van der Waals surface area contributed by atoms with Gasteiger partial charge in [0.2, 0.25) is 4.96 Å². The quantitative estimate of drug-likeness (QED) is 0.507. The normalized spacial score (nSPS) is 11.2. The van der Waals surface area contributed by atoms with E-state index in [1.807, 2.05) is 34.8 Å². The molecule has 0 unspecified atom stereocenters. The van der Waals surface area contributed by atoms with Crippen molar-refractivity contribution in [3.63, 3.8) is 0 Å². The molecule has 0 amide bonds. The molecule has 0 spiro atoms. The monoisotopic (exact) mass is 406 g/mol. The van der Waals surface area contributed by atoms with E-state index in [0.29, 0.717) is 6.42 Å². The zero-order chi connectivity index (χ0) is 15.8. The highest BCUT2D eigenvalue weighted by atomic mass is 79.9. The Morgan fingerprint density at radius 3 is 2.61 bits per heavy atom. The van der Waals surface area contributed by atoms with E-state index >= 15 is 0 Å². The lowest BCUT2D eigenvalue weighted by Gasteiger charge is -2.01. The molecule has 3 aromatic heterocycles. The van der Waals surface area contributed by atoms with Gasteiger partial charge in [0, 0.05) is 6.42 Å². The fraction of sp³-hybridized carbons (Fsp3) is 0.133. The number of aromatic nitrogens is 4. The molecule has 0 N–H and O–H groups in total. The van der Waals surface area contributed by atoms with Crippen molar-refractivity contribution in [1.82, 2.24) is 19.8 Å². The van der Waals surface area contributed by atoms with Gasteiger partial charge in [-0.25, -0.2) is 0 Å². The number of nitrogens with zero attached hydrogens (tertiary/aromatic N) is 4. The highest BCUT2D eigenvalue weighted by Crippen LogP contribution is 2.33. The third-order valence-electron chi connectivity index (χ3n) is 3.36. The van der Waals surface area contributed by atoms with E-state index < -0.39 is 0 Å². The highest BCUT2D eigenvalue weighted by Gasteiger charge is 2.14. The highest BCUT2D eigenvalue weighted by molar-refractivity contribution is 9.11. The van der Waals surface area contributed by atoms with Crippen molar-refractivity contribution in [2.45, 2.75) is 6.42 Å². The predicted octanol–water partition coefficient (Wildman–Crippen LogP) is 4.28. The molecule has 1 aromatic carbocycles. The second kappa shape index (κ2) is 6.03. The summed E-state index contributed by atoms with van der Waals surface area (Å²) in [5, 5.41) is 14.1. The molecule has 8 heteroatoms. The van der Waals surface area contributed by atoms with Gasteiger partial charge in [-0.2, -0.15) is 9.61 Å². The smallest absolute Gasteiger partial charge is 0.235 e. The van der Waals surface area contributed by atoms with E-state index in [0.717, 1.165) is 35.8 Å². The summed E-state index contributed by atoms with van der Waals surface area (Å²) in [6.07, 6.45) is 0.683. The van der Waals surface area contributed by atoms with Gasteiger partial charge in [0.1, 0.15) is 5.75 Å². The lowest BCUT2D eigenvalue weighted by atomic mass is 10.1. The average molecular weight is 407 g/mol. The maximum absolute atomic E-state index is 5.18. The number of hydrogen-bond donors (Lipinski definition) is 0. The van der Waals surface area contributed by atoms with E-state index in [9.17, 15) is 0 Å². The minimum Gasteiger partial charge on any atom is -0.497 e. The van der Waals surface area contributed by atoms with Crippen molar-refractivity contribution in [3.05, 3.63) is 51.6 Å². The van der Waals surface area contributed by atoms with Crippen LogP contribution in [0.3, 0.4) is 0 Å². The first-order chi connectivity index (χ1) is 11.2. The van der Waals surface area contributed by atoms with Gasteiger partial charge in [0.25, 0.3) is 0 Å². The molecular weight excluding hydrogens is 396 g/mol. The molecule has 3 heterocycles. The van der Waals surface area contributed by atoms with Gasteiger partial charge in [-0.15, -0.1) is 21.5 Å². The van der Waals surface area contributed by atoms with Crippen LogP contribution in [0.4, 0.5) is 0 Å². The Hall–Kier alpha value is -1.77. The van der Waals surface area contributed by atoms with Gasteiger partial charge in [-0.3, -0.25) is 0 Å². The van der Waals surface area contributed by atoms with E-state index in [1.165, 1.54) is 0 Å². The number of thiophene rings is 1. The molecule has 23 heavy (non-hydrogen) atoms. The molecule has 0 atom stereocenters. The van der Waals surface area contributed by atoms with Crippen LogP contribution in [0.15, 0.2) is 40.2 Å². The first-order valence-corrected chi connectivity index (χ1v) is 9.25. The second-order valence-corrected chi connectivity index (χ2v) is 8.27. The molecule has 0 bridgehead atoms. The summed E-state index contributed by atoms with van der Waals surface area (Å²) in [5.41, 5.74) is 1.15. The van der Waals surface area contributed by atoms with Gasteiger partial charge in [0.15, 0.2) is 10.8 Å². The Balaban J connectivity index is 1.66. The topological polar surface area (TPSA) is 52.3 Å². The van der Waals surface area contributed by atoms with Gasteiger partial charge in [-0.1, -0.05) is 23.5 Å². The average Bonchev–Trinajstić information content (AvgIpc) is 3.25. The third kappa shape index (κ3) is 2.89. The molecule has 0 saturated heterocycles. The summed E-state index contributed by atoms with van der Waals surface area (Å²) < 4.78 is 8.11. The molecule has 0 aliphatic rings. The van der Waals surface area contributed by atoms with Gasteiger partial charge < -0.3 is 4.74 Å². The first kappa shape index (κ1) is 14.8. The minimum absolute atomic E-state index is 0.683. The van der Waals surface area contributed by atoms with Crippen molar-refractivity contribution in [2.75, 3.05) is 7.11 Å². The van der Waals surface area contributed by atoms with E-state index in [2.05, 4.69) is 37.3 Å². The lowest BCUT2D eigenvalue weighted by molar-refractivity contribution is 0.414. The maximum Gasteiger partial charge on any atom is 0.235 e. The van der Waals surface area contributed by atoms with Crippen molar-refractivity contribution >= 4 is 43.6 Å². The minimum atomic E-state index is 0.683. The summed E-state index contributed by atoms with van der Waals surface area (Å²) in [5.74, 6) is 1.68.